The second kappa shape index (κ2) is 7.28. The maximum Gasteiger partial charge on any atom is 0.230 e. The lowest BCUT2D eigenvalue weighted by atomic mass is 9.82. The van der Waals surface area contributed by atoms with Crippen molar-refractivity contribution in [2.24, 2.45) is 11.3 Å². The van der Waals surface area contributed by atoms with Crippen LogP contribution in [0, 0.1) is 11.3 Å². The van der Waals surface area contributed by atoms with Crippen LogP contribution in [0.25, 0.3) is 0 Å². The molecular weight excluding hydrogens is 236 g/mol. The second-order valence-electron chi connectivity index (χ2n) is 6.38. The van der Waals surface area contributed by atoms with E-state index in [1.54, 1.807) is 0 Å². The zero-order valence-electron chi connectivity index (χ0n) is 13.5. The average Bonchev–Trinajstić information content (AvgIpc) is 2.87. The van der Waals surface area contributed by atoms with Crippen molar-refractivity contribution >= 4 is 5.91 Å². The lowest BCUT2D eigenvalue weighted by molar-refractivity contribution is -0.144. The highest BCUT2D eigenvalue weighted by Crippen LogP contribution is 2.33. The van der Waals surface area contributed by atoms with E-state index in [-0.39, 0.29) is 5.41 Å². The quantitative estimate of drug-likeness (QED) is 0.769. The smallest absolute Gasteiger partial charge is 0.230 e. The molecule has 1 heterocycles. The highest BCUT2D eigenvalue weighted by atomic mass is 16.2. The van der Waals surface area contributed by atoms with Crippen LogP contribution in [0.4, 0.5) is 0 Å². The lowest BCUT2D eigenvalue weighted by Crippen LogP contribution is -2.50. The van der Waals surface area contributed by atoms with Crippen LogP contribution in [-0.2, 0) is 4.79 Å². The van der Waals surface area contributed by atoms with E-state index < -0.39 is 0 Å². The first-order valence-electron chi connectivity index (χ1n) is 8.02. The molecule has 112 valence electrons. The van der Waals surface area contributed by atoms with E-state index in [1.165, 1.54) is 0 Å². The standard InChI is InChI=1S/C16H32N2O/c1-6-14(7-2)18(11-13(4)5)15(19)16(8-3)9-10-17-12-16/h13-14,17H,6-12H2,1-5H3. The minimum Gasteiger partial charge on any atom is -0.339 e. The van der Waals surface area contributed by atoms with Crippen LogP contribution < -0.4 is 5.32 Å². The molecule has 0 aromatic carbocycles. The van der Waals surface area contributed by atoms with Gasteiger partial charge in [0.15, 0.2) is 0 Å². The van der Waals surface area contributed by atoms with Gasteiger partial charge in [-0.05, 0) is 38.1 Å². The predicted octanol–water partition coefficient (Wildman–Crippen LogP) is 3.05. The molecule has 0 spiro atoms. The topological polar surface area (TPSA) is 32.3 Å². The SMILES string of the molecule is CCC(CC)N(CC(C)C)C(=O)C1(CC)CCNC1. The molecule has 1 N–H and O–H groups in total. The van der Waals surface area contributed by atoms with Gasteiger partial charge in [0, 0.05) is 19.1 Å². The summed E-state index contributed by atoms with van der Waals surface area (Å²) in [4.78, 5) is 15.3. The Morgan fingerprint density at radius 3 is 2.26 bits per heavy atom. The number of hydrogen-bond acceptors (Lipinski definition) is 2. The lowest BCUT2D eigenvalue weighted by Gasteiger charge is -2.39. The number of rotatable bonds is 7. The summed E-state index contributed by atoms with van der Waals surface area (Å²) in [5.41, 5.74) is -0.141. The van der Waals surface area contributed by atoms with Crippen molar-refractivity contribution in [2.75, 3.05) is 19.6 Å². The molecule has 0 aliphatic carbocycles. The number of carbonyl (C=O) groups is 1. The number of amides is 1. The first-order chi connectivity index (χ1) is 9.00. The normalized spacial score (nSPS) is 23.3. The van der Waals surface area contributed by atoms with E-state index in [0.29, 0.717) is 17.9 Å². The number of hydrogen-bond donors (Lipinski definition) is 1. The molecule has 1 amide bonds. The van der Waals surface area contributed by atoms with E-state index >= 15 is 0 Å². The molecule has 19 heavy (non-hydrogen) atoms. The molecule has 0 bridgehead atoms. The van der Waals surface area contributed by atoms with E-state index in [1.807, 2.05) is 0 Å². The Morgan fingerprint density at radius 1 is 1.26 bits per heavy atom. The largest absolute Gasteiger partial charge is 0.339 e. The molecule has 0 radical (unpaired) electrons. The Hall–Kier alpha value is -0.570. The Labute approximate surface area is 119 Å². The van der Waals surface area contributed by atoms with Crippen LogP contribution in [0.5, 0.6) is 0 Å². The third kappa shape index (κ3) is 3.71. The summed E-state index contributed by atoms with van der Waals surface area (Å²) in [5, 5.41) is 3.38. The fourth-order valence-electron chi connectivity index (χ4n) is 3.20. The van der Waals surface area contributed by atoms with Gasteiger partial charge in [0.25, 0.3) is 0 Å². The highest BCUT2D eigenvalue weighted by molar-refractivity contribution is 5.83. The third-order valence-corrected chi connectivity index (χ3v) is 4.58. The van der Waals surface area contributed by atoms with Crippen LogP contribution in [0.3, 0.4) is 0 Å². The van der Waals surface area contributed by atoms with Crippen molar-refractivity contribution in [3.8, 4) is 0 Å². The van der Waals surface area contributed by atoms with Gasteiger partial charge in [0.1, 0.15) is 0 Å². The summed E-state index contributed by atoms with van der Waals surface area (Å²) in [5.74, 6) is 0.926. The van der Waals surface area contributed by atoms with E-state index in [4.69, 9.17) is 0 Å². The van der Waals surface area contributed by atoms with Crippen LogP contribution >= 0.6 is 0 Å². The molecule has 1 aliphatic rings. The van der Waals surface area contributed by atoms with Gasteiger partial charge in [0.2, 0.25) is 5.91 Å². The van der Waals surface area contributed by atoms with Crippen molar-refractivity contribution in [1.29, 1.82) is 0 Å². The van der Waals surface area contributed by atoms with Gasteiger partial charge in [-0.15, -0.1) is 0 Å². The Kier molecular flexibility index (Phi) is 6.31. The zero-order valence-corrected chi connectivity index (χ0v) is 13.5. The molecule has 0 aromatic rings. The van der Waals surface area contributed by atoms with Crippen molar-refractivity contribution in [1.82, 2.24) is 10.2 Å². The maximum atomic E-state index is 13.1. The second-order valence-corrected chi connectivity index (χ2v) is 6.38. The van der Waals surface area contributed by atoms with Gasteiger partial charge in [-0.3, -0.25) is 4.79 Å². The summed E-state index contributed by atoms with van der Waals surface area (Å²) in [6.07, 6.45) is 4.06. The van der Waals surface area contributed by atoms with Crippen molar-refractivity contribution in [3.63, 3.8) is 0 Å². The monoisotopic (exact) mass is 268 g/mol. The van der Waals surface area contributed by atoms with Gasteiger partial charge in [-0.1, -0.05) is 34.6 Å². The number of nitrogens with one attached hydrogen (secondary N) is 1. The molecular formula is C16H32N2O. The van der Waals surface area contributed by atoms with Gasteiger partial charge >= 0.3 is 0 Å². The molecule has 1 fully saturated rings. The summed E-state index contributed by atoms with van der Waals surface area (Å²) in [7, 11) is 0. The fraction of sp³-hybridized carbons (Fsp3) is 0.938. The van der Waals surface area contributed by atoms with E-state index in [9.17, 15) is 4.79 Å². The van der Waals surface area contributed by atoms with E-state index in [0.717, 1.165) is 45.3 Å². The molecule has 1 unspecified atom stereocenters. The molecule has 1 atom stereocenters. The fourth-order valence-corrected chi connectivity index (χ4v) is 3.20. The minimum atomic E-state index is -0.141. The van der Waals surface area contributed by atoms with Gasteiger partial charge in [-0.25, -0.2) is 0 Å². The van der Waals surface area contributed by atoms with Crippen LogP contribution in [0.1, 0.15) is 60.3 Å². The molecule has 1 aliphatic heterocycles. The maximum absolute atomic E-state index is 13.1. The van der Waals surface area contributed by atoms with Crippen LogP contribution in [-0.4, -0.2) is 36.5 Å². The third-order valence-electron chi connectivity index (χ3n) is 4.58. The first-order valence-corrected chi connectivity index (χ1v) is 8.02. The van der Waals surface area contributed by atoms with Gasteiger partial charge in [-0.2, -0.15) is 0 Å². The van der Waals surface area contributed by atoms with Gasteiger partial charge < -0.3 is 10.2 Å². The molecule has 0 aromatic heterocycles. The molecule has 3 heteroatoms. The summed E-state index contributed by atoms with van der Waals surface area (Å²) < 4.78 is 0. The summed E-state index contributed by atoms with van der Waals surface area (Å²) in [6, 6.07) is 0.402. The van der Waals surface area contributed by atoms with Crippen LogP contribution in [0.15, 0.2) is 0 Å². The van der Waals surface area contributed by atoms with Crippen molar-refractivity contribution < 1.29 is 4.79 Å². The predicted molar refractivity (Wildman–Crippen MR) is 81.1 cm³/mol. The van der Waals surface area contributed by atoms with Crippen molar-refractivity contribution in [2.45, 2.75) is 66.3 Å². The molecule has 0 saturated carbocycles. The minimum absolute atomic E-state index is 0.141. The zero-order chi connectivity index (χ0) is 14.5. The van der Waals surface area contributed by atoms with Crippen molar-refractivity contribution in [3.05, 3.63) is 0 Å². The average molecular weight is 268 g/mol. The number of nitrogens with zero attached hydrogens (tertiary/aromatic N) is 1. The summed E-state index contributed by atoms with van der Waals surface area (Å²) in [6.45, 7) is 13.7. The molecule has 1 rings (SSSR count). The van der Waals surface area contributed by atoms with Gasteiger partial charge in [0.05, 0.1) is 5.41 Å². The first kappa shape index (κ1) is 16.5. The Bertz CT molecular complexity index is 278. The summed E-state index contributed by atoms with van der Waals surface area (Å²) >= 11 is 0. The molecule has 3 nitrogen and oxygen atoms in total. The number of carbonyl (C=O) groups excluding carboxylic acids is 1. The Balaban J connectivity index is 2.92. The van der Waals surface area contributed by atoms with E-state index in [2.05, 4.69) is 44.8 Å². The molecule has 1 saturated heterocycles. The van der Waals surface area contributed by atoms with Crippen LogP contribution in [0.2, 0.25) is 0 Å². The Morgan fingerprint density at radius 2 is 1.89 bits per heavy atom. The highest BCUT2D eigenvalue weighted by Gasteiger charge is 2.43.